The van der Waals surface area contributed by atoms with E-state index in [2.05, 4.69) is 20.2 Å². The predicted molar refractivity (Wildman–Crippen MR) is 163 cm³/mol. The minimum absolute atomic E-state index is 0.0213. The summed E-state index contributed by atoms with van der Waals surface area (Å²) in [6.45, 7) is 8.90. The highest BCUT2D eigenvalue weighted by molar-refractivity contribution is 6.31. The number of aromatic nitrogens is 5. The van der Waals surface area contributed by atoms with Gasteiger partial charge < -0.3 is 9.32 Å². The predicted octanol–water partition coefficient (Wildman–Crippen LogP) is 4.31. The topological polar surface area (TPSA) is 122 Å². The van der Waals surface area contributed by atoms with Crippen molar-refractivity contribution in [3.63, 3.8) is 0 Å². The van der Waals surface area contributed by atoms with E-state index in [0.29, 0.717) is 30.3 Å². The van der Waals surface area contributed by atoms with Crippen molar-refractivity contribution >= 4 is 28.6 Å². The number of rotatable bonds is 6. The van der Waals surface area contributed by atoms with Gasteiger partial charge in [0.1, 0.15) is 17.0 Å². The van der Waals surface area contributed by atoms with Crippen molar-refractivity contribution in [1.29, 1.82) is 0 Å². The summed E-state index contributed by atoms with van der Waals surface area (Å²) in [6.07, 6.45) is 1.85. The van der Waals surface area contributed by atoms with Crippen LogP contribution >= 0.6 is 11.6 Å². The monoisotopic (exact) mass is 619 g/mol. The molecule has 3 atom stereocenters. The minimum Gasteiger partial charge on any atom is -0.444 e. The number of halogens is 2. The summed E-state index contributed by atoms with van der Waals surface area (Å²) in [4.78, 5) is 46.9. The number of furan rings is 1. The van der Waals surface area contributed by atoms with Gasteiger partial charge in [-0.25, -0.2) is 18.4 Å². The van der Waals surface area contributed by atoms with Crippen LogP contribution in [0.25, 0.3) is 16.8 Å². The average Bonchev–Trinajstić information content (AvgIpc) is 3.58. The van der Waals surface area contributed by atoms with Crippen molar-refractivity contribution in [3.8, 4) is 5.69 Å². The second kappa shape index (κ2) is 11.5. The number of fused-ring (bicyclic) bond motifs is 1. The maximum atomic E-state index is 13.9. The van der Waals surface area contributed by atoms with Crippen LogP contribution in [0.5, 0.6) is 0 Å². The Morgan fingerprint density at radius 3 is 2.52 bits per heavy atom. The Bertz CT molecular complexity index is 1970. The van der Waals surface area contributed by atoms with Crippen LogP contribution in [0.2, 0.25) is 5.02 Å². The van der Waals surface area contributed by atoms with Crippen LogP contribution in [0, 0.1) is 12.7 Å². The first-order chi connectivity index (χ1) is 21.0. The first-order valence-corrected chi connectivity index (χ1v) is 14.7. The largest absolute Gasteiger partial charge is 0.444 e. The van der Waals surface area contributed by atoms with Gasteiger partial charge in [0.05, 0.1) is 29.2 Å². The zero-order valence-electron chi connectivity index (χ0n) is 24.6. The number of aryl methyl sites for hydroxylation is 1. The normalized spacial score (nSPS) is 18.2. The molecule has 1 N–H and O–H groups in total. The lowest BCUT2D eigenvalue weighted by Crippen LogP contribution is -2.57. The molecule has 0 aliphatic carbocycles. The lowest BCUT2D eigenvalue weighted by atomic mass is 10.0. The molecule has 11 nitrogen and oxygen atoms in total. The summed E-state index contributed by atoms with van der Waals surface area (Å²) in [6, 6.07) is 12.5. The van der Waals surface area contributed by atoms with Crippen molar-refractivity contribution < 1.29 is 13.6 Å². The summed E-state index contributed by atoms with van der Waals surface area (Å²) >= 11 is 6.26. The van der Waals surface area contributed by atoms with Crippen LogP contribution in [0.1, 0.15) is 54.2 Å². The highest BCUT2D eigenvalue weighted by Crippen LogP contribution is 2.28. The Labute approximate surface area is 256 Å². The number of nitrogens with zero attached hydrogens (tertiary/aromatic N) is 6. The third kappa shape index (κ3) is 5.24. The molecule has 6 rings (SSSR count). The van der Waals surface area contributed by atoms with Gasteiger partial charge in [-0.15, -0.1) is 5.10 Å². The van der Waals surface area contributed by atoms with Gasteiger partial charge >= 0.3 is 5.69 Å². The first-order valence-electron chi connectivity index (χ1n) is 14.3. The molecule has 1 amide bonds. The number of carbonyl (C=O) groups excluding carboxylic acids is 1. The fraction of sp³-hybridized carbons (Fsp3) is 0.323. The molecule has 4 heterocycles. The molecule has 0 radical (unpaired) electrons. The van der Waals surface area contributed by atoms with E-state index in [-0.39, 0.29) is 46.5 Å². The van der Waals surface area contributed by atoms with Gasteiger partial charge in [-0.2, -0.15) is 0 Å². The molecule has 1 saturated heterocycles. The molecule has 228 valence electrons. The summed E-state index contributed by atoms with van der Waals surface area (Å²) in [7, 11) is 0. The quantitative estimate of drug-likeness (QED) is 0.301. The molecule has 13 heteroatoms. The Kier molecular flexibility index (Phi) is 7.72. The van der Waals surface area contributed by atoms with E-state index in [1.807, 2.05) is 27.0 Å². The van der Waals surface area contributed by atoms with E-state index in [0.717, 1.165) is 15.8 Å². The van der Waals surface area contributed by atoms with Crippen molar-refractivity contribution in [3.05, 3.63) is 109 Å². The fourth-order valence-electron chi connectivity index (χ4n) is 6.00. The zero-order chi connectivity index (χ0) is 31.3. The van der Waals surface area contributed by atoms with Gasteiger partial charge in [0.25, 0.3) is 11.5 Å². The average molecular weight is 620 g/mol. The number of para-hydroxylation sites is 1. The summed E-state index contributed by atoms with van der Waals surface area (Å²) in [5.74, 6) is -0.473. The lowest BCUT2D eigenvalue weighted by molar-refractivity contribution is 0.0264. The number of aromatic amines is 1. The van der Waals surface area contributed by atoms with Crippen molar-refractivity contribution in [1.82, 2.24) is 34.3 Å². The Hall–Kier alpha value is -4.55. The molecule has 0 unspecified atom stereocenters. The molecule has 2 aromatic carbocycles. The molecule has 0 bridgehead atoms. The second-order valence-corrected chi connectivity index (χ2v) is 11.7. The van der Waals surface area contributed by atoms with Crippen molar-refractivity contribution in [2.45, 2.75) is 52.4 Å². The molecule has 44 heavy (non-hydrogen) atoms. The number of carbonyl (C=O) groups is 1. The van der Waals surface area contributed by atoms with Crippen LogP contribution < -0.4 is 11.2 Å². The van der Waals surface area contributed by atoms with E-state index in [1.54, 1.807) is 52.9 Å². The first kappa shape index (κ1) is 29.5. The molecule has 1 aliphatic rings. The lowest BCUT2D eigenvalue weighted by Gasteiger charge is -2.44. The fourth-order valence-corrected chi connectivity index (χ4v) is 6.33. The van der Waals surface area contributed by atoms with Gasteiger partial charge in [-0.1, -0.05) is 41.1 Å². The van der Waals surface area contributed by atoms with Gasteiger partial charge in [0, 0.05) is 36.7 Å². The third-order valence-corrected chi connectivity index (χ3v) is 8.58. The summed E-state index contributed by atoms with van der Waals surface area (Å²) in [5.41, 5.74) is 0.734. The van der Waals surface area contributed by atoms with E-state index >= 15 is 0 Å². The molecule has 1 fully saturated rings. The molecule has 1 aliphatic heterocycles. The molecule has 0 saturated carbocycles. The number of H-pyrrole nitrogens is 1. The van der Waals surface area contributed by atoms with Crippen molar-refractivity contribution in [2.75, 3.05) is 13.1 Å². The number of piperazine rings is 1. The maximum Gasteiger partial charge on any atom is 0.335 e. The summed E-state index contributed by atoms with van der Waals surface area (Å²) < 4.78 is 21.9. The molecule has 3 aromatic heterocycles. The number of amides is 1. The minimum atomic E-state index is -0.649. The number of hydrogen-bond donors (Lipinski definition) is 1. The SMILES string of the molecule is Cc1oc2[nH]c(=O)n(-c3ccccc3)c(=O)c2c1C(=O)N1C[C@@H](C)N(Cc2cn([C@@H](C)c3ccc(F)cc3Cl)nn2)[C@@H](C)C1. The Morgan fingerprint density at radius 1 is 1.14 bits per heavy atom. The van der Waals surface area contributed by atoms with Crippen LogP contribution in [-0.4, -0.2) is 65.4 Å². The molecule has 5 aromatic rings. The summed E-state index contributed by atoms with van der Waals surface area (Å²) in [5, 5.41) is 9.01. The van der Waals surface area contributed by atoms with E-state index < -0.39 is 17.1 Å². The van der Waals surface area contributed by atoms with Gasteiger partial charge in [-0.05, 0) is 57.5 Å². The highest BCUT2D eigenvalue weighted by Gasteiger charge is 2.35. The van der Waals surface area contributed by atoms with Crippen LogP contribution in [0.3, 0.4) is 0 Å². The zero-order valence-corrected chi connectivity index (χ0v) is 25.4. The number of nitrogens with one attached hydrogen (secondary N) is 1. The maximum absolute atomic E-state index is 13.9. The van der Waals surface area contributed by atoms with E-state index in [9.17, 15) is 18.8 Å². The standard InChI is InChI=1S/C31H31ClFN7O4/c1-17-13-37(14-18(2)38(17)15-22-16-39(36-35-22)19(3)24-11-10-21(33)12-25(24)32)29(41)26-20(4)44-28-27(26)30(42)40(31(43)34-28)23-8-6-5-7-9-23/h5-12,16-19H,13-15H2,1-4H3,(H,34,43)/t17-,18+,19-/m0/s1. The Morgan fingerprint density at radius 2 is 1.84 bits per heavy atom. The molecule has 0 spiro atoms. The van der Waals surface area contributed by atoms with Crippen LogP contribution in [0.4, 0.5) is 4.39 Å². The van der Waals surface area contributed by atoms with Crippen LogP contribution in [-0.2, 0) is 6.54 Å². The number of hydrogen-bond acceptors (Lipinski definition) is 7. The van der Waals surface area contributed by atoms with Gasteiger partial charge in [0.15, 0.2) is 0 Å². The highest BCUT2D eigenvalue weighted by atomic mass is 35.5. The number of benzene rings is 2. The molecular weight excluding hydrogens is 589 g/mol. The van der Waals surface area contributed by atoms with Gasteiger partial charge in [-0.3, -0.25) is 19.5 Å². The second-order valence-electron chi connectivity index (χ2n) is 11.3. The van der Waals surface area contributed by atoms with E-state index in [4.69, 9.17) is 16.0 Å². The third-order valence-electron chi connectivity index (χ3n) is 8.25. The van der Waals surface area contributed by atoms with Crippen molar-refractivity contribution in [2.24, 2.45) is 0 Å². The molecular formula is C31H31ClFN7O4. The smallest absolute Gasteiger partial charge is 0.335 e. The Balaban J connectivity index is 1.22. The van der Waals surface area contributed by atoms with Gasteiger partial charge in [0.2, 0.25) is 5.71 Å². The van der Waals surface area contributed by atoms with Crippen LogP contribution in [0.15, 0.2) is 68.7 Å². The van der Waals surface area contributed by atoms with E-state index in [1.165, 1.54) is 12.1 Å².